The zero-order valence-electron chi connectivity index (χ0n) is 22.2. The van der Waals surface area contributed by atoms with Crippen molar-refractivity contribution >= 4 is 34.6 Å². The minimum Gasteiger partial charge on any atom is -0.496 e. The van der Waals surface area contributed by atoms with Gasteiger partial charge in [-0.3, -0.25) is 28.9 Å². The van der Waals surface area contributed by atoms with E-state index in [0.29, 0.717) is 29.0 Å². The lowest BCUT2D eigenvalue weighted by Crippen LogP contribution is -2.38. The van der Waals surface area contributed by atoms with Gasteiger partial charge in [-0.1, -0.05) is 0 Å². The minimum absolute atomic E-state index is 0.0886. The third-order valence-corrected chi connectivity index (χ3v) is 6.87. The number of nitro groups is 1. The Labute approximate surface area is 227 Å². The Morgan fingerprint density at radius 3 is 2.52 bits per heavy atom. The molecule has 0 bridgehead atoms. The van der Waals surface area contributed by atoms with Gasteiger partial charge in [0, 0.05) is 31.4 Å². The van der Waals surface area contributed by atoms with Crippen LogP contribution in [-0.2, 0) is 33.8 Å². The Morgan fingerprint density at radius 2 is 1.93 bits per heavy atom. The van der Waals surface area contributed by atoms with Gasteiger partial charge < -0.3 is 19.9 Å². The van der Waals surface area contributed by atoms with Gasteiger partial charge in [0.2, 0.25) is 5.91 Å². The summed E-state index contributed by atoms with van der Waals surface area (Å²) in [5.74, 6) is -1.05. The van der Waals surface area contributed by atoms with E-state index in [1.54, 1.807) is 0 Å². The van der Waals surface area contributed by atoms with Crippen LogP contribution in [0.15, 0.2) is 35.1 Å². The predicted octanol–water partition coefficient (Wildman–Crippen LogP) is 1.81. The Bertz CT molecular complexity index is 1550. The molecule has 3 aromatic rings. The van der Waals surface area contributed by atoms with E-state index in [9.17, 15) is 29.3 Å². The van der Waals surface area contributed by atoms with Gasteiger partial charge in [-0.15, -0.1) is 0 Å². The number of benzene rings is 2. The summed E-state index contributed by atoms with van der Waals surface area (Å²) < 4.78 is 18.9. The van der Waals surface area contributed by atoms with Gasteiger partial charge >= 0.3 is 17.7 Å². The van der Waals surface area contributed by atoms with Crippen LogP contribution in [0.1, 0.15) is 34.3 Å². The topological polar surface area (TPSA) is 178 Å². The monoisotopic (exact) mass is 555 g/mol. The zero-order valence-corrected chi connectivity index (χ0v) is 22.2. The Hall–Kier alpha value is -4.72. The van der Waals surface area contributed by atoms with E-state index in [0.717, 1.165) is 17.7 Å². The van der Waals surface area contributed by atoms with Crippen molar-refractivity contribution in [1.29, 1.82) is 0 Å². The van der Waals surface area contributed by atoms with Crippen LogP contribution in [0, 0.1) is 10.1 Å². The average Bonchev–Trinajstić information content (AvgIpc) is 3.54. The maximum absolute atomic E-state index is 13.9. The van der Waals surface area contributed by atoms with Gasteiger partial charge in [-0.2, -0.15) is 0 Å². The molecule has 1 fully saturated rings. The van der Waals surface area contributed by atoms with E-state index < -0.39 is 28.5 Å². The number of imidazole rings is 1. The number of carbonyl (C=O) groups is 3. The third kappa shape index (κ3) is 5.52. The smallest absolute Gasteiger partial charge is 0.337 e. The van der Waals surface area contributed by atoms with Crippen LogP contribution in [0.4, 0.5) is 10.5 Å². The number of fused-ring (bicyclic) bond motifs is 1. The fourth-order valence-corrected chi connectivity index (χ4v) is 4.80. The largest absolute Gasteiger partial charge is 0.496 e. The molecular formula is C26H29N5O9. The van der Waals surface area contributed by atoms with Gasteiger partial charge in [0.1, 0.15) is 5.75 Å². The molecule has 3 amide bonds. The molecule has 0 aliphatic carbocycles. The van der Waals surface area contributed by atoms with Gasteiger partial charge in [0.25, 0.3) is 5.69 Å². The number of nitrogens with two attached hydrogens (primary N) is 1. The second kappa shape index (κ2) is 11.6. The van der Waals surface area contributed by atoms with Crippen LogP contribution in [0.25, 0.3) is 11.0 Å². The first-order valence-electron chi connectivity index (χ1n) is 12.4. The van der Waals surface area contributed by atoms with Crippen LogP contribution in [0.5, 0.6) is 5.75 Å². The fourth-order valence-electron chi connectivity index (χ4n) is 4.80. The first-order valence-corrected chi connectivity index (χ1v) is 12.4. The molecule has 1 aliphatic rings. The molecule has 2 N–H and O–H groups in total. The molecule has 0 spiro atoms. The van der Waals surface area contributed by atoms with Crippen LogP contribution in [-0.4, -0.2) is 70.8 Å². The van der Waals surface area contributed by atoms with Crippen molar-refractivity contribution < 1.29 is 33.5 Å². The molecule has 2 aromatic carbocycles. The zero-order chi connectivity index (χ0) is 29.1. The number of esters is 1. The maximum atomic E-state index is 13.9. The first kappa shape index (κ1) is 28.3. The lowest BCUT2D eigenvalue weighted by molar-refractivity contribution is -0.384. The molecule has 14 nitrogen and oxygen atoms in total. The number of imide groups is 1. The number of hydrogen-bond donors (Lipinski definition) is 1. The molecule has 0 radical (unpaired) electrons. The third-order valence-electron chi connectivity index (χ3n) is 6.87. The Balaban J connectivity index is 1.98. The second-order valence-electron chi connectivity index (χ2n) is 9.33. The molecule has 212 valence electrons. The van der Waals surface area contributed by atoms with E-state index >= 15 is 0 Å². The quantitative estimate of drug-likeness (QED) is 0.234. The van der Waals surface area contributed by atoms with Gasteiger partial charge in [0.05, 0.1) is 61.4 Å². The number of non-ortho nitro benzene ring substituents is 1. The van der Waals surface area contributed by atoms with Gasteiger partial charge in [-0.05, 0) is 36.6 Å². The molecule has 0 saturated carbocycles. The van der Waals surface area contributed by atoms with Crippen molar-refractivity contribution in [2.24, 2.45) is 5.73 Å². The summed E-state index contributed by atoms with van der Waals surface area (Å²) in [7, 11) is 3.83. The highest BCUT2D eigenvalue weighted by Crippen LogP contribution is 2.29. The molecular weight excluding hydrogens is 526 g/mol. The molecule has 40 heavy (non-hydrogen) atoms. The van der Waals surface area contributed by atoms with Crippen molar-refractivity contribution in [2.75, 3.05) is 27.9 Å². The standard InChI is InChI=1S/C26H29N5O9/c1-28(25(27)34)22(32)12-15-9-16(24(33)39-3)11-20-23(15)30(26(35)29(20)14-19-5-4-8-40-19)13-17-10-18(31(36)37)6-7-21(17)38-2/h6-7,9-11,19H,4-5,8,12-14H2,1-3H3,(H2,27,34). The molecule has 14 heteroatoms. The lowest BCUT2D eigenvalue weighted by atomic mass is 10.0. The predicted molar refractivity (Wildman–Crippen MR) is 141 cm³/mol. The first-order chi connectivity index (χ1) is 19.0. The van der Waals surface area contributed by atoms with Crippen LogP contribution >= 0.6 is 0 Å². The molecule has 1 aromatic heterocycles. The SMILES string of the molecule is COC(=O)c1cc(CC(=O)N(C)C(N)=O)c2c(c1)n(CC1CCCO1)c(=O)n2Cc1cc([N+](=O)[O-])ccc1OC. The van der Waals surface area contributed by atoms with Crippen molar-refractivity contribution in [2.45, 2.75) is 38.5 Å². The van der Waals surface area contributed by atoms with E-state index in [2.05, 4.69) is 0 Å². The van der Waals surface area contributed by atoms with E-state index in [1.807, 2.05) is 0 Å². The fraction of sp³-hybridized carbons (Fsp3) is 0.385. The number of urea groups is 1. The summed E-state index contributed by atoms with van der Waals surface area (Å²) in [5, 5.41) is 11.5. The van der Waals surface area contributed by atoms with E-state index in [1.165, 1.54) is 60.7 Å². The number of nitrogens with zero attached hydrogens (tertiary/aromatic N) is 4. The highest BCUT2D eigenvalue weighted by atomic mass is 16.6. The number of aromatic nitrogens is 2. The average molecular weight is 556 g/mol. The lowest BCUT2D eigenvalue weighted by Gasteiger charge is -2.15. The van der Waals surface area contributed by atoms with E-state index in [4.69, 9.17) is 19.9 Å². The molecule has 1 unspecified atom stereocenters. The van der Waals surface area contributed by atoms with Crippen molar-refractivity contribution in [3.63, 3.8) is 0 Å². The summed E-state index contributed by atoms with van der Waals surface area (Å²) in [4.78, 5) is 62.7. The van der Waals surface area contributed by atoms with E-state index in [-0.39, 0.29) is 42.4 Å². The van der Waals surface area contributed by atoms with Crippen molar-refractivity contribution in [3.8, 4) is 5.75 Å². The van der Waals surface area contributed by atoms with Gasteiger partial charge in [0.15, 0.2) is 0 Å². The number of likely N-dealkylation sites (N-methyl/N-ethyl adjacent to an activating group) is 1. The number of hydrogen-bond acceptors (Lipinski definition) is 9. The minimum atomic E-state index is -0.972. The number of ether oxygens (including phenoxy) is 3. The summed E-state index contributed by atoms with van der Waals surface area (Å²) in [6.45, 7) is 0.576. The van der Waals surface area contributed by atoms with Crippen molar-refractivity contribution in [3.05, 3.63) is 67.6 Å². The van der Waals surface area contributed by atoms with Crippen LogP contribution in [0.2, 0.25) is 0 Å². The normalized spacial score (nSPS) is 14.7. The summed E-state index contributed by atoms with van der Waals surface area (Å²) in [6, 6.07) is 5.97. The Morgan fingerprint density at radius 1 is 1.18 bits per heavy atom. The summed E-state index contributed by atoms with van der Waals surface area (Å²) >= 11 is 0. The van der Waals surface area contributed by atoms with Gasteiger partial charge in [-0.25, -0.2) is 14.4 Å². The number of amides is 3. The second-order valence-corrected chi connectivity index (χ2v) is 9.33. The highest BCUT2D eigenvalue weighted by Gasteiger charge is 2.26. The number of carbonyl (C=O) groups excluding carboxylic acids is 3. The molecule has 4 rings (SSSR count). The molecule has 2 heterocycles. The highest BCUT2D eigenvalue weighted by molar-refractivity contribution is 5.99. The van der Waals surface area contributed by atoms with Crippen LogP contribution in [0.3, 0.4) is 0 Å². The number of primary amides is 1. The molecule has 1 atom stereocenters. The summed E-state index contributed by atoms with van der Waals surface area (Å²) in [6.07, 6.45) is 0.923. The number of rotatable bonds is 9. The van der Waals surface area contributed by atoms with Crippen LogP contribution < -0.4 is 16.2 Å². The number of nitro benzene ring substituents is 1. The molecule has 1 aliphatic heterocycles. The van der Waals surface area contributed by atoms with Crippen molar-refractivity contribution in [1.82, 2.24) is 14.0 Å². The number of methoxy groups -OCH3 is 2. The Kier molecular flexibility index (Phi) is 8.18. The maximum Gasteiger partial charge on any atom is 0.337 e. The molecule has 1 saturated heterocycles. The summed E-state index contributed by atoms with van der Waals surface area (Å²) in [5.41, 5.74) is 5.91.